The highest BCUT2D eigenvalue weighted by molar-refractivity contribution is 9.09. The highest BCUT2D eigenvalue weighted by Crippen LogP contribution is 2.62. The van der Waals surface area contributed by atoms with Crippen molar-refractivity contribution in [2.24, 2.45) is 17.3 Å². The van der Waals surface area contributed by atoms with E-state index in [1.807, 2.05) is 12.1 Å². The second kappa shape index (κ2) is 6.00. The minimum absolute atomic E-state index is 0.0659. The van der Waals surface area contributed by atoms with Crippen LogP contribution in [0.1, 0.15) is 50.2 Å². The molecule has 7 atom stereocenters. The summed E-state index contributed by atoms with van der Waals surface area (Å²) in [5.41, 5.74) is 2.57. The molecular formula is C20H27BrO3. The van der Waals surface area contributed by atoms with Gasteiger partial charge in [-0.1, -0.05) is 28.9 Å². The lowest BCUT2D eigenvalue weighted by Crippen LogP contribution is -2.51. The zero-order chi connectivity index (χ0) is 17.1. The first-order valence-corrected chi connectivity index (χ1v) is 10.1. The molecule has 2 fully saturated rings. The van der Waals surface area contributed by atoms with E-state index < -0.39 is 0 Å². The molecule has 1 aromatic carbocycles. The maximum atomic E-state index is 10.8. The van der Waals surface area contributed by atoms with Crippen LogP contribution < -0.4 is 0 Å². The van der Waals surface area contributed by atoms with Crippen molar-refractivity contribution in [2.45, 2.75) is 62.5 Å². The summed E-state index contributed by atoms with van der Waals surface area (Å²) < 4.78 is 6.21. The number of phenols is 1. The molecule has 3 aliphatic carbocycles. The minimum Gasteiger partial charge on any atom is -0.508 e. The minimum atomic E-state index is -0.298. The predicted octanol–water partition coefficient (Wildman–Crippen LogP) is 4.00. The number of aliphatic hydroxyl groups is 1. The molecule has 2 N–H and O–H groups in total. The number of ether oxygens (including phenoxy) is 1. The number of hydrogen-bond acceptors (Lipinski definition) is 3. The van der Waals surface area contributed by atoms with Crippen molar-refractivity contribution in [3.05, 3.63) is 29.3 Å². The summed E-state index contributed by atoms with van der Waals surface area (Å²) in [5.74, 6) is 1.82. The van der Waals surface area contributed by atoms with Crippen LogP contribution in [-0.2, 0) is 11.2 Å². The number of alkyl halides is 1. The Morgan fingerprint density at radius 2 is 2.17 bits per heavy atom. The number of benzene rings is 1. The van der Waals surface area contributed by atoms with Gasteiger partial charge in [-0.15, -0.1) is 0 Å². The fourth-order valence-electron chi connectivity index (χ4n) is 5.94. The average Bonchev–Trinajstić information content (AvgIpc) is 2.78. The van der Waals surface area contributed by atoms with E-state index in [2.05, 4.69) is 35.8 Å². The van der Waals surface area contributed by atoms with Gasteiger partial charge in [0.25, 0.3) is 0 Å². The van der Waals surface area contributed by atoms with Gasteiger partial charge < -0.3 is 14.9 Å². The van der Waals surface area contributed by atoms with Crippen molar-refractivity contribution >= 4 is 15.9 Å². The summed E-state index contributed by atoms with van der Waals surface area (Å²) in [6.45, 7) is 5.02. The van der Waals surface area contributed by atoms with Gasteiger partial charge in [-0.2, -0.15) is 0 Å². The second-order valence-electron chi connectivity index (χ2n) is 8.12. The largest absolute Gasteiger partial charge is 0.508 e. The number of halogens is 1. The molecular weight excluding hydrogens is 368 g/mol. The molecule has 0 amide bonds. The van der Waals surface area contributed by atoms with E-state index in [9.17, 15) is 10.2 Å². The van der Waals surface area contributed by atoms with Crippen LogP contribution in [-0.4, -0.2) is 33.9 Å². The van der Waals surface area contributed by atoms with Gasteiger partial charge in [0, 0.05) is 22.8 Å². The van der Waals surface area contributed by atoms with Crippen LogP contribution in [0.2, 0.25) is 0 Å². The first kappa shape index (κ1) is 16.9. The fraction of sp³-hybridized carbons (Fsp3) is 0.700. The molecule has 0 aliphatic heterocycles. The number of aryl methyl sites for hydroxylation is 1. The number of hydrogen-bond donors (Lipinski definition) is 2. The smallest absolute Gasteiger partial charge is 0.115 e. The number of phenolic OH excluding ortho intramolecular Hbond substituents is 1. The summed E-state index contributed by atoms with van der Waals surface area (Å²) in [5, 5.41) is 20.7. The number of aromatic hydroxyl groups is 1. The van der Waals surface area contributed by atoms with Crippen LogP contribution in [0.3, 0.4) is 0 Å². The molecule has 0 bridgehead atoms. The van der Waals surface area contributed by atoms with Gasteiger partial charge in [0.15, 0.2) is 0 Å². The zero-order valence-corrected chi connectivity index (χ0v) is 16.0. The summed E-state index contributed by atoms with van der Waals surface area (Å²) in [6.07, 6.45) is 3.95. The Kier molecular flexibility index (Phi) is 4.21. The van der Waals surface area contributed by atoms with Crippen LogP contribution >= 0.6 is 15.9 Å². The fourth-order valence-corrected chi connectivity index (χ4v) is 6.95. The van der Waals surface area contributed by atoms with Crippen LogP contribution in [0.4, 0.5) is 0 Å². The molecule has 0 saturated heterocycles. The van der Waals surface area contributed by atoms with Crippen LogP contribution in [0.15, 0.2) is 18.2 Å². The molecule has 4 heteroatoms. The Bertz CT molecular complexity index is 633. The third-order valence-corrected chi connectivity index (χ3v) is 7.85. The van der Waals surface area contributed by atoms with E-state index in [4.69, 9.17) is 4.74 Å². The van der Waals surface area contributed by atoms with E-state index in [1.54, 1.807) is 0 Å². The maximum Gasteiger partial charge on any atom is 0.115 e. The molecule has 1 aromatic rings. The lowest BCUT2D eigenvalue weighted by atomic mass is 9.54. The van der Waals surface area contributed by atoms with Crippen molar-refractivity contribution in [1.82, 2.24) is 0 Å². The van der Waals surface area contributed by atoms with Crippen LogP contribution in [0.5, 0.6) is 5.75 Å². The quantitative estimate of drug-likeness (QED) is 0.745. The topological polar surface area (TPSA) is 49.7 Å². The lowest BCUT2D eigenvalue weighted by molar-refractivity contribution is -0.102. The van der Waals surface area contributed by atoms with Crippen LogP contribution in [0.25, 0.3) is 0 Å². The van der Waals surface area contributed by atoms with Gasteiger partial charge >= 0.3 is 0 Å². The second-order valence-corrected chi connectivity index (χ2v) is 9.29. The third kappa shape index (κ3) is 2.37. The van der Waals surface area contributed by atoms with Crippen molar-refractivity contribution in [3.63, 3.8) is 0 Å². The number of aliphatic hydroxyl groups excluding tert-OH is 1. The first-order chi connectivity index (χ1) is 11.5. The van der Waals surface area contributed by atoms with Crippen LogP contribution in [0, 0.1) is 17.3 Å². The van der Waals surface area contributed by atoms with E-state index in [-0.39, 0.29) is 22.5 Å². The average molecular weight is 395 g/mol. The van der Waals surface area contributed by atoms with E-state index in [1.165, 1.54) is 11.1 Å². The van der Waals surface area contributed by atoms with Gasteiger partial charge in [0.05, 0.1) is 12.2 Å². The van der Waals surface area contributed by atoms with Gasteiger partial charge in [-0.3, -0.25) is 0 Å². The summed E-state index contributed by atoms with van der Waals surface area (Å²) >= 11 is 3.72. The SMILES string of the molecule is CCO[C@H]1C[C@]2(C)[C@H](O)[C@H](Br)C[C@H]2[C@@H]2CCc3cc(O)ccc3[C@H]21. The van der Waals surface area contributed by atoms with Gasteiger partial charge in [0.1, 0.15) is 5.75 Å². The van der Waals surface area contributed by atoms with Crippen molar-refractivity contribution in [3.8, 4) is 5.75 Å². The predicted molar refractivity (Wildman–Crippen MR) is 97.6 cm³/mol. The molecule has 2 saturated carbocycles. The molecule has 132 valence electrons. The number of fused-ring (bicyclic) bond motifs is 5. The standard InChI is InChI=1S/C20H27BrO3/c1-3-24-17-10-20(2)15(9-16(21)19(20)23)14-6-4-11-8-12(22)5-7-13(11)18(14)17/h5,7-8,14-19,22-23H,3-4,6,9-10H2,1-2H3/t14-,15-,16+,17-,18+,19+,20-/m0/s1. The highest BCUT2D eigenvalue weighted by Gasteiger charge is 2.60. The Morgan fingerprint density at radius 3 is 2.92 bits per heavy atom. The first-order valence-electron chi connectivity index (χ1n) is 9.21. The molecule has 3 aliphatic rings. The van der Waals surface area contributed by atoms with Crippen molar-refractivity contribution in [2.75, 3.05) is 6.61 Å². The van der Waals surface area contributed by atoms with Gasteiger partial charge in [-0.05, 0) is 67.7 Å². The van der Waals surface area contributed by atoms with Gasteiger partial charge in [-0.25, -0.2) is 0 Å². The summed E-state index contributed by atoms with van der Waals surface area (Å²) in [4.78, 5) is 0.190. The number of rotatable bonds is 2. The molecule has 0 radical (unpaired) electrons. The van der Waals surface area contributed by atoms with E-state index in [0.717, 1.165) is 25.7 Å². The van der Waals surface area contributed by atoms with E-state index in [0.29, 0.717) is 30.1 Å². The Hall–Kier alpha value is -0.580. The zero-order valence-electron chi connectivity index (χ0n) is 14.4. The van der Waals surface area contributed by atoms with Crippen molar-refractivity contribution in [1.29, 1.82) is 0 Å². The molecule has 3 nitrogen and oxygen atoms in total. The van der Waals surface area contributed by atoms with E-state index >= 15 is 0 Å². The summed E-state index contributed by atoms with van der Waals surface area (Å²) in [7, 11) is 0. The third-order valence-electron chi connectivity index (χ3n) is 6.98. The molecule has 0 aromatic heterocycles. The Balaban J connectivity index is 1.77. The molecule has 0 unspecified atom stereocenters. The van der Waals surface area contributed by atoms with Crippen molar-refractivity contribution < 1.29 is 14.9 Å². The molecule has 0 spiro atoms. The Labute approximate surface area is 152 Å². The normalized spacial score (nSPS) is 43.8. The highest BCUT2D eigenvalue weighted by atomic mass is 79.9. The monoisotopic (exact) mass is 394 g/mol. The molecule has 0 heterocycles. The lowest BCUT2D eigenvalue weighted by Gasteiger charge is -2.53. The van der Waals surface area contributed by atoms with Gasteiger partial charge in [0.2, 0.25) is 0 Å². The Morgan fingerprint density at radius 1 is 1.38 bits per heavy atom. The molecule has 4 rings (SSSR count). The summed E-state index contributed by atoms with van der Waals surface area (Å²) in [6, 6.07) is 5.85. The molecule has 24 heavy (non-hydrogen) atoms. The maximum absolute atomic E-state index is 10.8.